The third kappa shape index (κ3) is 24.5. The van der Waals surface area contributed by atoms with Gasteiger partial charge >= 0.3 is 59.1 Å². The molecule has 0 spiro atoms. The molecule has 0 fully saturated rings. The van der Waals surface area contributed by atoms with Gasteiger partial charge in [0.2, 0.25) is 0 Å². The zero-order chi connectivity index (χ0) is 19.6. The maximum absolute atomic E-state index is 10.5. The van der Waals surface area contributed by atoms with E-state index in [2.05, 4.69) is 20.1 Å². The van der Waals surface area contributed by atoms with Gasteiger partial charge < -0.3 is 9.11 Å². The standard InChI is InChI=1S/C10H20N6O4S6.2Na/c11-15-13-9(1-5-25(17)18)7-23-21-3-4-22-24-8-10(14-16-12)2-6-26(19)20;;/h9-10H,1-8H2,(H,17,18)(H,19,20);;/q;2*+1/p-2/t9-,10-;;/m0../s1. The van der Waals surface area contributed by atoms with Crippen molar-refractivity contribution in [2.24, 2.45) is 10.2 Å². The quantitative estimate of drug-likeness (QED) is 0.0386. The van der Waals surface area contributed by atoms with E-state index in [4.69, 9.17) is 11.1 Å². The van der Waals surface area contributed by atoms with Crippen LogP contribution in [0.15, 0.2) is 10.2 Å². The summed E-state index contributed by atoms with van der Waals surface area (Å²) in [4.78, 5) is 5.46. The molecule has 0 bridgehead atoms. The average Bonchev–Trinajstić information content (AvgIpc) is 2.59. The second kappa shape index (κ2) is 25.5. The molecule has 0 aromatic carbocycles. The molecule has 0 saturated carbocycles. The smallest absolute Gasteiger partial charge is 0.772 e. The van der Waals surface area contributed by atoms with E-state index in [1.54, 1.807) is 21.6 Å². The first-order valence-corrected chi connectivity index (χ1v) is 14.6. The molecule has 150 valence electrons. The summed E-state index contributed by atoms with van der Waals surface area (Å²) in [6.07, 6.45) is 0.626. The molecule has 0 aromatic heterocycles. The number of hydrogen-bond donors (Lipinski definition) is 0. The van der Waals surface area contributed by atoms with Crippen LogP contribution in [0, 0.1) is 0 Å². The molecule has 0 aliphatic heterocycles. The molecule has 4 atom stereocenters. The van der Waals surface area contributed by atoms with Crippen LogP contribution in [-0.4, -0.2) is 64.1 Å². The Morgan fingerprint density at radius 1 is 0.786 bits per heavy atom. The second-order valence-electron chi connectivity index (χ2n) is 4.52. The molecule has 0 heterocycles. The van der Waals surface area contributed by atoms with Crippen molar-refractivity contribution in [1.82, 2.24) is 0 Å². The average molecular weight is 525 g/mol. The number of rotatable bonds is 17. The van der Waals surface area contributed by atoms with E-state index in [0.717, 1.165) is 11.5 Å². The maximum atomic E-state index is 10.5. The van der Waals surface area contributed by atoms with Gasteiger partial charge in [0.15, 0.2) is 0 Å². The van der Waals surface area contributed by atoms with Gasteiger partial charge in [0.05, 0.1) is 0 Å². The molecule has 0 amide bonds. The van der Waals surface area contributed by atoms with Crippen molar-refractivity contribution in [3.05, 3.63) is 20.9 Å². The summed E-state index contributed by atoms with van der Waals surface area (Å²) in [6, 6.07) is -0.679. The number of azide groups is 2. The van der Waals surface area contributed by atoms with Crippen molar-refractivity contribution >= 4 is 65.3 Å². The first-order valence-electron chi connectivity index (χ1n) is 7.18. The molecule has 0 aliphatic rings. The van der Waals surface area contributed by atoms with Crippen LogP contribution in [-0.2, 0) is 22.2 Å². The van der Waals surface area contributed by atoms with Gasteiger partial charge in [-0.1, -0.05) is 75.6 Å². The molecule has 0 rings (SSSR count). The van der Waals surface area contributed by atoms with Crippen molar-refractivity contribution in [2.45, 2.75) is 24.9 Å². The predicted octanol–water partition coefficient (Wildman–Crippen LogP) is -2.35. The Morgan fingerprint density at radius 2 is 1.14 bits per heavy atom. The molecular formula is C10H18N6Na2O4S6. The van der Waals surface area contributed by atoms with Crippen LogP contribution < -0.4 is 59.1 Å². The van der Waals surface area contributed by atoms with E-state index in [-0.39, 0.29) is 82.7 Å². The van der Waals surface area contributed by atoms with Crippen molar-refractivity contribution in [2.75, 3.05) is 34.5 Å². The fourth-order valence-corrected chi connectivity index (χ4v) is 7.53. The summed E-state index contributed by atoms with van der Waals surface area (Å²) in [7, 11) is 6.27. The third-order valence-corrected chi connectivity index (χ3v) is 8.93. The normalized spacial score (nSPS) is 14.2. The molecule has 10 nitrogen and oxygen atoms in total. The topological polar surface area (TPSA) is 178 Å². The van der Waals surface area contributed by atoms with Crippen LogP contribution in [0.3, 0.4) is 0 Å². The fourth-order valence-electron chi connectivity index (χ4n) is 1.40. The Bertz CT molecular complexity index is 495. The molecule has 18 heteroatoms. The third-order valence-electron chi connectivity index (χ3n) is 2.60. The number of nitrogens with zero attached hydrogens (tertiary/aromatic N) is 6. The summed E-state index contributed by atoms with van der Waals surface area (Å²) in [5.41, 5.74) is 16.9. The second-order valence-corrected chi connectivity index (χ2v) is 11.8. The minimum Gasteiger partial charge on any atom is -0.772 e. The van der Waals surface area contributed by atoms with Gasteiger partial charge in [-0.2, -0.15) is 0 Å². The minimum atomic E-state index is -2.13. The Labute approximate surface area is 229 Å². The van der Waals surface area contributed by atoms with Gasteiger partial charge in [-0.15, -0.1) is 0 Å². The molecule has 0 N–H and O–H groups in total. The van der Waals surface area contributed by atoms with Crippen molar-refractivity contribution in [3.63, 3.8) is 0 Å². The van der Waals surface area contributed by atoms with Crippen LogP contribution in [0.4, 0.5) is 0 Å². The minimum absolute atomic E-state index is 0. The number of hydrogen-bond acceptors (Lipinski definition) is 10. The van der Waals surface area contributed by atoms with Gasteiger partial charge in [0.25, 0.3) is 0 Å². The maximum Gasteiger partial charge on any atom is 1.00 e. The Morgan fingerprint density at radius 3 is 1.43 bits per heavy atom. The molecule has 2 unspecified atom stereocenters. The monoisotopic (exact) mass is 524 g/mol. The van der Waals surface area contributed by atoms with Crippen LogP contribution in [0.25, 0.3) is 20.9 Å². The summed E-state index contributed by atoms with van der Waals surface area (Å²) >= 11 is -4.26. The summed E-state index contributed by atoms with van der Waals surface area (Å²) in [5.74, 6) is 2.75. The molecule has 0 radical (unpaired) electrons. The van der Waals surface area contributed by atoms with E-state index < -0.39 is 22.2 Å². The van der Waals surface area contributed by atoms with Crippen LogP contribution in [0.1, 0.15) is 12.8 Å². The van der Waals surface area contributed by atoms with Gasteiger partial charge in [-0.25, -0.2) is 0 Å². The van der Waals surface area contributed by atoms with Crippen molar-refractivity contribution < 1.29 is 76.6 Å². The van der Waals surface area contributed by atoms with Gasteiger partial charge in [-0.05, 0) is 23.9 Å². The van der Waals surface area contributed by atoms with Crippen LogP contribution >= 0.6 is 43.2 Å². The van der Waals surface area contributed by atoms with Crippen LogP contribution in [0.5, 0.6) is 0 Å². The summed E-state index contributed by atoms with van der Waals surface area (Å²) < 4.78 is 42.2. The molecular weight excluding hydrogens is 507 g/mol. The van der Waals surface area contributed by atoms with E-state index in [0.29, 0.717) is 24.3 Å². The zero-order valence-electron chi connectivity index (χ0n) is 15.6. The molecule has 0 aliphatic carbocycles. The fraction of sp³-hybridized carbons (Fsp3) is 1.00. The molecule has 0 saturated heterocycles. The summed E-state index contributed by atoms with van der Waals surface area (Å²) in [5, 5.41) is 7.18. The van der Waals surface area contributed by atoms with E-state index in [1.807, 2.05) is 0 Å². The Hall–Kier alpha value is 2.24. The van der Waals surface area contributed by atoms with Crippen LogP contribution in [0.2, 0.25) is 0 Å². The van der Waals surface area contributed by atoms with Crippen molar-refractivity contribution in [1.29, 1.82) is 0 Å². The Kier molecular flexibility index (Phi) is 31.7. The SMILES string of the molecule is [N-]=[N+]=N[C@@H](CCS(=O)[O-])CSSCCSSC[C@H](CCS(=O)[O-])N=[N+]=[N-].[Na+].[Na+]. The zero-order valence-corrected chi connectivity index (χ0v) is 24.5. The first-order chi connectivity index (χ1) is 12.5. The molecule has 28 heavy (non-hydrogen) atoms. The van der Waals surface area contributed by atoms with Gasteiger partial charge in [-0.3, -0.25) is 8.42 Å². The largest absolute Gasteiger partial charge is 1.00 e. The molecule has 0 aromatic rings. The van der Waals surface area contributed by atoms with E-state index in [1.165, 1.54) is 21.6 Å². The van der Waals surface area contributed by atoms with E-state index >= 15 is 0 Å². The Balaban J connectivity index is -0.00000312. The summed E-state index contributed by atoms with van der Waals surface area (Å²) in [6.45, 7) is 0. The first kappa shape index (κ1) is 34.8. The van der Waals surface area contributed by atoms with Gasteiger partial charge in [0, 0.05) is 56.4 Å². The van der Waals surface area contributed by atoms with Gasteiger partial charge in [0.1, 0.15) is 0 Å². The van der Waals surface area contributed by atoms with Crippen molar-refractivity contribution in [3.8, 4) is 0 Å². The van der Waals surface area contributed by atoms with E-state index in [9.17, 15) is 17.5 Å². The predicted molar refractivity (Wildman–Crippen MR) is 113 cm³/mol.